The van der Waals surface area contributed by atoms with E-state index < -0.39 is 24.2 Å². The lowest BCUT2D eigenvalue weighted by atomic mass is 10.1. The number of esters is 1. The molecule has 0 aromatic carbocycles. The Labute approximate surface area is 80.6 Å². The van der Waals surface area contributed by atoms with Crippen LogP contribution in [0.3, 0.4) is 0 Å². The number of rotatable bonds is 4. The average molecular weight is 213 g/mol. The van der Waals surface area contributed by atoms with Gasteiger partial charge in [-0.1, -0.05) is 0 Å². The lowest BCUT2D eigenvalue weighted by Gasteiger charge is -2.24. The van der Waals surface area contributed by atoms with E-state index in [0.29, 0.717) is 0 Å². The van der Waals surface area contributed by atoms with Crippen molar-refractivity contribution in [1.82, 2.24) is 5.32 Å². The third-order valence-corrected chi connectivity index (χ3v) is 1.52. The lowest BCUT2D eigenvalue weighted by Crippen LogP contribution is -2.51. The van der Waals surface area contributed by atoms with E-state index in [-0.39, 0.29) is 6.61 Å². The van der Waals surface area contributed by atoms with Gasteiger partial charge in [-0.2, -0.15) is 13.2 Å². The van der Waals surface area contributed by atoms with Crippen molar-refractivity contribution in [3.05, 3.63) is 0 Å². The molecule has 0 aromatic heterocycles. The number of nitrogens with one attached hydrogen (secondary N) is 1. The van der Waals surface area contributed by atoms with Crippen LogP contribution in [0, 0.1) is 0 Å². The number of carbonyl (C=O) groups excluding carboxylic acids is 1. The Morgan fingerprint density at radius 1 is 1.36 bits per heavy atom. The number of hydrogen-bond donors (Lipinski definition) is 1. The molecule has 0 saturated carbocycles. The highest BCUT2D eigenvalue weighted by molar-refractivity contribution is 5.79. The van der Waals surface area contributed by atoms with Crippen molar-refractivity contribution in [2.45, 2.75) is 32.5 Å². The molecule has 0 aliphatic rings. The van der Waals surface area contributed by atoms with Gasteiger partial charge in [0.15, 0.2) is 0 Å². The molecule has 0 fully saturated rings. The van der Waals surface area contributed by atoms with Crippen LogP contribution in [-0.2, 0) is 9.53 Å². The fourth-order valence-electron chi connectivity index (χ4n) is 0.705. The van der Waals surface area contributed by atoms with Crippen LogP contribution >= 0.6 is 0 Å². The number of hydrogen-bond acceptors (Lipinski definition) is 3. The summed E-state index contributed by atoms with van der Waals surface area (Å²) in [5.41, 5.74) is -1.31. The number of ether oxygens (including phenoxy) is 1. The summed E-state index contributed by atoms with van der Waals surface area (Å²) >= 11 is 0. The van der Waals surface area contributed by atoms with Crippen molar-refractivity contribution in [1.29, 1.82) is 0 Å². The largest absolute Gasteiger partial charge is 0.465 e. The standard InChI is InChI=1S/C8H14F3NO2/c1-4-14-6(13)7(2,3)12-5-8(9,10)11/h12H,4-5H2,1-3H3. The second-order valence-corrected chi connectivity index (χ2v) is 3.31. The highest BCUT2D eigenvalue weighted by Crippen LogP contribution is 2.15. The molecule has 0 atom stereocenters. The monoisotopic (exact) mass is 213 g/mol. The van der Waals surface area contributed by atoms with E-state index in [1.165, 1.54) is 13.8 Å². The van der Waals surface area contributed by atoms with Crippen molar-refractivity contribution in [2.75, 3.05) is 13.2 Å². The Hall–Kier alpha value is -0.780. The zero-order valence-electron chi connectivity index (χ0n) is 8.36. The molecule has 0 rings (SSSR count). The highest BCUT2D eigenvalue weighted by Gasteiger charge is 2.35. The summed E-state index contributed by atoms with van der Waals surface area (Å²) in [5.74, 6) is -0.691. The first kappa shape index (κ1) is 13.2. The van der Waals surface area contributed by atoms with E-state index in [0.717, 1.165) is 0 Å². The van der Waals surface area contributed by atoms with Gasteiger partial charge in [0.25, 0.3) is 0 Å². The zero-order valence-corrected chi connectivity index (χ0v) is 8.36. The smallest absolute Gasteiger partial charge is 0.401 e. The van der Waals surface area contributed by atoms with Crippen LogP contribution in [-0.4, -0.2) is 30.8 Å². The molecule has 0 aromatic rings. The molecule has 0 saturated heterocycles. The first-order valence-corrected chi connectivity index (χ1v) is 4.18. The highest BCUT2D eigenvalue weighted by atomic mass is 19.4. The normalized spacial score (nSPS) is 12.7. The summed E-state index contributed by atoms with van der Waals surface area (Å²) < 4.78 is 40.1. The Bertz CT molecular complexity index is 201. The van der Waals surface area contributed by atoms with Crippen molar-refractivity contribution < 1.29 is 22.7 Å². The molecule has 0 heterocycles. The van der Waals surface area contributed by atoms with Gasteiger partial charge in [0.05, 0.1) is 13.2 Å². The van der Waals surface area contributed by atoms with E-state index in [1.807, 2.05) is 0 Å². The maximum Gasteiger partial charge on any atom is 0.401 e. The predicted molar refractivity (Wildman–Crippen MR) is 44.8 cm³/mol. The number of carbonyl (C=O) groups is 1. The van der Waals surface area contributed by atoms with Gasteiger partial charge in [-0.25, -0.2) is 0 Å². The first-order valence-electron chi connectivity index (χ1n) is 4.18. The molecule has 0 unspecified atom stereocenters. The van der Waals surface area contributed by atoms with Crippen LogP contribution in [0.4, 0.5) is 13.2 Å². The summed E-state index contributed by atoms with van der Waals surface area (Å²) in [6, 6.07) is 0. The van der Waals surface area contributed by atoms with Gasteiger partial charge in [0.1, 0.15) is 5.54 Å². The van der Waals surface area contributed by atoms with Crippen molar-refractivity contribution in [3.63, 3.8) is 0 Å². The van der Waals surface area contributed by atoms with Crippen LogP contribution in [0.2, 0.25) is 0 Å². The maximum atomic E-state index is 11.8. The minimum atomic E-state index is -4.33. The van der Waals surface area contributed by atoms with E-state index in [4.69, 9.17) is 0 Å². The minimum Gasteiger partial charge on any atom is -0.465 e. The first-order chi connectivity index (χ1) is 6.19. The second kappa shape index (κ2) is 4.63. The molecule has 0 bridgehead atoms. The van der Waals surface area contributed by atoms with Gasteiger partial charge in [0.2, 0.25) is 0 Å². The molecular weight excluding hydrogens is 199 g/mol. The molecule has 1 N–H and O–H groups in total. The molecule has 0 spiro atoms. The van der Waals surface area contributed by atoms with Gasteiger partial charge in [0, 0.05) is 0 Å². The van der Waals surface area contributed by atoms with Crippen LogP contribution in [0.15, 0.2) is 0 Å². The van der Waals surface area contributed by atoms with Crippen LogP contribution in [0.1, 0.15) is 20.8 Å². The van der Waals surface area contributed by atoms with E-state index >= 15 is 0 Å². The third kappa shape index (κ3) is 5.06. The summed E-state index contributed by atoms with van der Waals surface area (Å²) in [4.78, 5) is 11.1. The molecule has 14 heavy (non-hydrogen) atoms. The quantitative estimate of drug-likeness (QED) is 0.719. The Balaban J connectivity index is 4.13. The molecule has 0 aliphatic heterocycles. The molecule has 0 aliphatic carbocycles. The Morgan fingerprint density at radius 3 is 2.21 bits per heavy atom. The van der Waals surface area contributed by atoms with E-state index in [9.17, 15) is 18.0 Å². The molecular formula is C8H14F3NO2. The summed E-state index contributed by atoms with van der Waals surface area (Å²) in [6.07, 6.45) is -4.33. The van der Waals surface area contributed by atoms with Gasteiger partial charge in [-0.15, -0.1) is 0 Å². The SMILES string of the molecule is CCOC(=O)C(C)(C)NCC(F)(F)F. The summed E-state index contributed by atoms with van der Waals surface area (Å²) in [6.45, 7) is 3.22. The van der Waals surface area contributed by atoms with E-state index in [1.54, 1.807) is 6.92 Å². The number of alkyl halides is 3. The van der Waals surface area contributed by atoms with Crippen molar-refractivity contribution >= 4 is 5.97 Å². The fourth-order valence-corrected chi connectivity index (χ4v) is 0.705. The zero-order chi connectivity index (χ0) is 11.4. The molecule has 6 heteroatoms. The van der Waals surface area contributed by atoms with Crippen LogP contribution in [0.5, 0.6) is 0 Å². The van der Waals surface area contributed by atoms with Gasteiger partial charge in [-0.05, 0) is 20.8 Å². The lowest BCUT2D eigenvalue weighted by molar-refractivity contribution is -0.153. The topological polar surface area (TPSA) is 38.3 Å². The van der Waals surface area contributed by atoms with Crippen LogP contribution < -0.4 is 5.32 Å². The maximum absolute atomic E-state index is 11.8. The third-order valence-electron chi connectivity index (χ3n) is 1.52. The van der Waals surface area contributed by atoms with Gasteiger partial charge in [-0.3, -0.25) is 10.1 Å². The Morgan fingerprint density at radius 2 is 1.86 bits per heavy atom. The second-order valence-electron chi connectivity index (χ2n) is 3.31. The molecule has 3 nitrogen and oxygen atoms in total. The van der Waals surface area contributed by atoms with Gasteiger partial charge < -0.3 is 4.74 Å². The minimum absolute atomic E-state index is 0.149. The molecule has 0 radical (unpaired) electrons. The van der Waals surface area contributed by atoms with Crippen LogP contribution in [0.25, 0.3) is 0 Å². The average Bonchev–Trinajstić information content (AvgIpc) is 2.00. The van der Waals surface area contributed by atoms with Crippen molar-refractivity contribution in [2.24, 2.45) is 0 Å². The number of halogens is 3. The predicted octanol–water partition coefficient (Wildman–Crippen LogP) is 1.48. The molecule has 0 amide bonds. The summed E-state index contributed by atoms with van der Waals surface area (Å²) in [5, 5.41) is 2.08. The summed E-state index contributed by atoms with van der Waals surface area (Å²) in [7, 11) is 0. The molecule has 84 valence electrons. The van der Waals surface area contributed by atoms with E-state index in [2.05, 4.69) is 10.1 Å². The fraction of sp³-hybridized carbons (Fsp3) is 0.875. The van der Waals surface area contributed by atoms with Crippen molar-refractivity contribution in [3.8, 4) is 0 Å². The Kier molecular flexibility index (Phi) is 4.38. The van der Waals surface area contributed by atoms with Gasteiger partial charge >= 0.3 is 12.1 Å².